The molecule has 0 unspecified atom stereocenters. The van der Waals surface area contributed by atoms with Gasteiger partial charge in [-0.3, -0.25) is 13.7 Å². The summed E-state index contributed by atoms with van der Waals surface area (Å²) in [7, 11) is 0. The van der Waals surface area contributed by atoms with Crippen LogP contribution in [-0.2, 0) is 22.6 Å². The number of fused-ring (bicyclic) bond motifs is 3. The quantitative estimate of drug-likeness (QED) is 0.101. The van der Waals surface area contributed by atoms with Crippen LogP contribution in [0.4, 0.5) is 0 Å². The van der Waals surface area contributed by atoms with Crippen molar-refractivity contribution in [2.45, 2.75) is 78.0 Å². The summed E-state index contributed by atoms with van der Waals surface area (Å²) < 4.78 is 75.2. The van der Waals surface area contributed by atoms with Gasteiger partial charge in [-0.05, 0) is 116 Å². The van der Waals surface area contributed by atoms with Crippen LogP contribution >= 0.6 is 0 Å². The molecule has 0 saturated heterocycles. The van der Waals surface area contributed by atoms with E-state index in [4.69, 9.17) is 16.6 Å². The molecule has 0 fully saturated rings. The van der Waals surface area contributed by atoms with Gasteiger partial charge >= 0.3 is 0 Å². The molecule has 10 aromatic rings. The summed E-state index contributed by atoms with van der Waals surface area (Å²) in [5, 5.41) is 2.02. The molecule has 0 amide bonds. The van der Waals surface area contributed by atoms with E-state index in [0.717, 1.165) is 55.3 Å². The molecule has 0 saturated carbocycles. The number of hydrogen-bond donors (Lipinski definition) is 0. The number of ether oxygens (including phenoxy) is 1. The number of rotatable bonds is 10. The lowest BCUT2D eigenvalue weighted by atomic mass is 9.78. The number of benzene rings is 7. The number of para-hydroxylation sites is 2. The van der Waals surface area contributed by atoms with E-state index in [9.17, 15) is 2.74 Å². The Balaban J connectivity index is 1.05. The molecule has 3 aromatic heterocycles. The van der Waals surface area contributed by atoms with Crippen molar-refractivity contribution >= 4 is 21.8 Å². The Morgan fingerprint density at radius 2 is 1.28 bits per heavy atom. The molecule has 0 bridgehead atoms. The summed E-state index contributed by atoms with van der Waals surface area (Å²) in [4.78, 5) is 4.83. The number of imidazole rings is 1. The first-order chi connectivity index (χ1) is 35.0. The van der Waals surface area contributed by atoms with Gasteiger partial charge in [-0.2, -0.15) is 0 Å². The Morgan fingerprint density at radius 1 is 0.612 bits per heavy atom. The van der Waals surface area contributed by atoms with E-state index in [1.165, 1.54) is 0 Å². The van der Waals surface area contributed by atoms with E-state index in [1.807, 2.05) is 151 Å². The van der Waals surface area contributed by atoms with Crippen molar-refractivity contribution in [3.05, 3.63) is 223 Å². The minimum Gasteiger partial charge on any atom is -0.458 e. The van der Waals surface area contributed by atoms with Crippen LogP contribution in [0, 0.1) is 6.33 Å². The first-order valence-corrected chi connectivity index (χ1v) is 22.8. The Labute approximate surface area is 405 Å². The molecule has 332 valence electrons. The normalized spacial score (nSPS) is 13.9. The van der Waals surface area contributed by atoms with Gasteiger partial charge < -0.3 is 4.74 Å². The van der Waals surface area contributed by atoms with Gasteiger partial charge in [0.2, 0.25) is 0 Å². The molecule has 0 atom stereocenters. The zero-order valence-corrected chi connectivity index (χ0v) is 39.3. The summed E-state index contributed by atoms with van der Waals surface area (Å²) in [5.74, 6) is 1.75. The van der Waals surface area contributed by atoms with Crippen molar-refractivity contribution in [3.63, 3.8) is 0 Å². The van der Waals surface area contributed by atoms with Crippen molar-refractivity contribution in [3.8, 4) is 50.9 Å². The molecule has 0 aliphatic carbocycles. The molecule has 0 radical (unpaired) electrons. The monoisotopic (exact) mass is 882 g/mol. The standard InChI is InChI=1S/C62H58N4O/c1-60(2,3)47-36-45(37-48(38-47)61(4,5)6)53-27-18-26-52(44-19-11-9-12-20-44)59(53)65-34-33-64(42-65)49-23-17-24-50(39-49)67-51-29-30-55-54-25-15-16-28-56(54)66(57(55)40-51)58-35-43(31-32-63-58)41-62(7,8)46-21-13-10-14-22-46/h9-40H,41H2,1-8H3/i9D,11D,12D,19D,20D,41D2. The van der Waals surface area contributed by atoms with E-state index in [0.29, 0.717) is 34.1 Å². The van der Waals surface area contributed by atoms with E-state index in [2.05, 4.69) is 76.7 Å². The van der Waals surface area contributed by atoms with Crippen LogP contribution in [0.3, 0.4) is 0 Å². The molecule has 10 rings (SSSR count). The summed E-state index contributed by atoms with van der Waals surface area (Å²) in [6, 6.07) is 45.7. The van der Waals surface area contributed by atoms with Gasteiger partial charge in [0, 0.05) is 38.2 Å². The lowest BCUT2D eigenvalue weighted by molar-refractivity contribution is -0.598. The second kappa shape index (κ2) is 17.1. The Morgan fingerprint density at radius 3 is 2.03 bits per heavy atom. The van der Waals surface area contributed by atoms with Gasteiger partial charge in [-0.25, -0.2) is 4.98 Å². The SMILES string of the molecule is [2H]c1c([2H])c([2H])c(-c2cccc(-c3cc(C(C)(C)C)cc(C(C)(C)C)c3)c2-[n+]2[c-]n(-c3cccc(Oc4ccc5c6ccccc6n(-c6cc(C([2H])([2H])C(C)(C)c7ccccc7)ccn6)c5c4)c3)cc2)c([2H])c1[2H]. The second-order valence-corrected chi connectivity index (χ2v) is 19.8. The third kappa shape index (κ3) is 8.70. The maximum absolute atomic E-state index is 9.49. The van der Waals surface area contributed by atoms with Crippen molar-refractivity contribution in [1.82, 2.24) is 14.1 Å². The fourth-order valence-electron chi connectivity index (χ4n) is 8.86. The summed E-state index contributed by atoms with van der Waals surface area (Å²) in [6.07, 6.45) is 7.19. The highest BCUT2D eigenvalue weighted by atomic mass is 16.5. The lowest BCUT2D eigenvalue weighted by Gasteiger charge is -2.27. The zero-order valence-electron chi connectivity index (χ0n) is 46.3. The number of aromatic nitrogens is 4. The molecule has 67 heavy (non-hydrogen) atoms. The van der Waals surface area contributed by atoms with Crippen LogP contribution in [0.25, 0.3) is 61.3 Å². The molecule has 5 heteroatoms. The van der Waals surface area contributed by atoms with E-state index >= 15 is 0 Å². The van der Waals surface area contributed by atoms with Crippen LogP contribution in [0.5, 0.6) is 11.5 Å². The number of pyridine rings is 1. The van der Waals surface area contributed by atoms with Gasteiger partial charge in [-0.15, -0.1) is 0 Å². The Hall–Kier alpha value is -7.50. The molecular formula is C62H58N4O. The molecular weight excluding hydrogens is 817 g/mol. The predicted octanol–water partition coefficient (Wildman–Crippen LogP) is 15.3. The maximum Gasteiger partial charge on any atom is 0.268 e. The smallest absolute Gasteiger partial charge is 0.268 e. The highest BCUT2D eigenvalue weighted by Crippen LogP contribution is 2.39. The fourth-order valence-corrected chi connectivity index (χ4v) is 8.86. The molecule has 0 aliphatic rings. The average Bonchev–Trinajstić information content (AvgIpc) is 4.01. The summed E-state index contributed by atoms with van der Waals surface area (Å²) in [6.45, 7) is 17.0. The third-order valence-electron chi connectivity index (χ3n) is 12.5. The molecule has 0 spiro atoms. The summed E-state index contributed by atoms with van der Waals surface area (Å²) >= 11 is 0. The first kappa shape index (κ1) is 35.7. The lowest BCUT2D eigenvalue weighted by Crippen LogP contribution is -2.30. The molecule has 3 heterocycles. The van der Waals surface area contributed by atoms with Gasteiger partial charge in [-0.1, -0.05) is 177 Å². The first-order valence-electron chi connectivity index (χ1n) is 26.3. The van der Waals surface area contributed by atoms with E-state index in [-0.39, 0.29) is 28.5 Å². The van der Waals surface area contributed by atoms with Crippen molar-refractivity contribution in [2.24, 2.45) is 0 Å². The van der Waals surface area contributed by atoms with Crippen LogP contribution in [-0.4, -0.2) is 14.1 Å². The molecule has 0 aliphatic heterocycles. The highest BCUT2D eigenvalue weighted by molar-refractivity contribution is 6.09. The highest BCUT2D eigenvalue weighted by Gasteiger charge is 2.25. The number of hydrogen-bond acceptors (Lipinski definition) is 2. The number of nitrogens with zero attached hydrogens (tertiary/aromatic N) is 4. The van der Waals surface area contributed by atoms with E-state index in [1.54, 1.807) is 12.3 Å². The van der Waals surface area contributed by atoms with Crippen LogP contribution < -0.4 is 9.30 Å². The van der Waals surface area contributed by atoms with Crippen LogP contribution in [0.15, 0.2) is 194 Å². The fraction of sp³-hybridized carbons (Fsp3) is 0.194. The van der Waals surface area contributed by atoms with Gasteiger partial charge in [0.1, 0.15) is 17.3 Å². The predicted molar refractivity (Wildman–Crippen MR) is 276 cm³/mol. The minimum absolute atomic E-state index is 0.104. The van der Waals surface area contributed by atoms with Crippen LogP contribution in [0.1, 0.15) is 87.2 Å². The Kier molecular flexibility index (Phi) is 9.09. The van der Waals surface area contributed by atoms with Crippen molar-refractivity contribution < 1.29 is 18.9 Å². The zero-order chi connectivity index (χ0) is 52.6. The van der Waals surface area contributed by atoms with Gasteiger partial charge in [0.15, 0.2) is 0 Å². The minimum atomic E-state index is -1.75. The third-order valence-corrected chi connectivity index (χ3v) is 12.5. The van der Waals surface area contributed by atoms with Crippen molar-refractivity contribution in [1.29, 1.82) is 0 Å². The molecule has 0 N–H and O–H groups in total. The molecule has 5 nitrogen and oxygen atoms in total. The van der Waals surface area contributed by atoms with E-state index < -0.39 is 29.9 Å². The largest absolute Gasteiger partial charge is 0.458 e. The maximum atomic E-state index is 9.49. The van der Waals surface area contributed by atoms with Gasteiger partial charge in [0.05, 0.1) is 29.3 Å². The second-order valence-electron chi connectivity index (χ2n) is 19.8. The van der Waals surface area contributed by atoms with Crippen LogP contribution in [0.2, 0.25) is 0 Å². The average molecular weight is 882 g/mol. The van der Waals surface area contributed by atoms with Gasteiger partial charge in [0.25, 0.3) is 6.33 Å². The van der Waals surface area contributed by atoms with Crippen molar-refractivity contribution in [2.75, 3.05) is 0 Å². The topological polar surface area (TPSA) is 35.9 Å². The Bertz CT molecular complexity index is 3740. The molecule has 7 aromatic carbocycles. The summed E-state index contributed by atoms with van der Waals surface area (Å²) in [5.41, 5.74) is 7.98.